The maximum atomic E-state index is 14.3. The van der Waals surface area contributed by atoms with Gasteiger partial charge in [-0.15, -0.1) is 0 Å². The average molecular weight is 236 g/mol. The van der Waals surface area contributed by atoms with E-state index in [1.807, 2.05) is 0 Å². The molecule has 0 atom stereocenters. The van der Waals surface area contributed by atoms with Crippen LogP contribution < -0.4 is 5.73 Å². The quantitative estimate of drug-likeness (QED) is 0.827. The Labute approximate surface area is 97.8 Å². The zero-order chi connectivity index (χ0) is 12.0. The topological polar surface area (TPSA) is 41.8 Å². The summed E-state index contributed by atoms with van der Waals surface area (Å²) in [7, 11) is 0. The number of aromatic nitrogens is 1. The molecule has 1 aliphatic rings. The van der Waals surface area contributed by atoms with Crippen LogP contribution in [0.3, 0.4) is 0 Å². The van der Waals surface area contributed by atoms with Crippen molar-refractivity contribution < 1.29 is 8.78 Å². The van der Waals surface area contributed by atoms with Gasteiger partial charge >= 0.3 is 0 Å². The predicted octanol–water partition coefficient (Wildman–Crippen LogP) is 2.83. The van der Waals surface area contributed by atoms with Gasteiger partial charge in [0.2, 0.25) is 0 Å². The molecular weight excluding hydrogens is 222 g/mol. The molecule has 3 N–H and O–H groups in total. The molecule has 2 aromatic rings. The smallest absolute Gasteiger partial charge is 0.153 e. The summed E-state index contributed by atoms with van der Waals surface area (Å²) in [4.78, 5) is 2.82. The molecule has 1 heterocycles. The second-order valence-electron chi connectivity index (χ2n) is 4.83. The second kappa shape index (κ2) is 3.53. The van der Waals surface area contributed by atoms with Crippen LogP contribution >= 0.6 is 0 Å². The van der Waals surface area contributed by atoms with Crippen molar-refractivity contribution in [1.29, 1.82) is 0 Å². The molecule has 90 valence electrons. The summed E-state index contributed by atoms with van der Waals surface area (Å²) >= 11 is 0. The minimum atomic E-state index is -0.493. The van der Waals surface area contributed by atoms with Gasteiger partial charge < -0.3 is 10.7 Å². The van der Waals surface area contributed by atoms with Crippen LogP contribution in [0.25, 0.3) is 10.9 Å². The number of hydrogen-bond donors (Lipinski definition) is 2. The Morgan fingerprint density at radius 3 is 2.71 bits per heavy atom. The van der Waals surface area contributed by atoms with Gasteiger partial charge in [0, 0.05) is 29.1 Å². The molecule has 4 heteroatoms. The largest absolute Gasteiger partial charge is 0.359 e. The lowest BCUT2D eigenvalue weighted by molar-refractivity contribution is 0.236. The lowest BCUT2D eigenvalue weighted by atomic mass is 9.64. The normalized spacial score (nSPS) is 18.3. The van der Waals surface area contributed by atoms with E-state index in [9.17, 15) is 8.78 Å². The fourth-order valence-corrected chi connectivity index (χ4v) is 2.78. The van der Waals surface area contributed by atoms with Crippen LogP contribution in [0.5, 0.6) is 0 Å². The van der Waals surface area contributed by atoms with Crippen molar-refractivity contribution in [3.05, 3.63) is 35.5 Å². The Morgan fingerprint density at radius 2 is 2.12 bits per heavy atom. The van der Waals surface area contributed by atoms with E-state index in [2.05, 4.69) is 4.98 Å². The number of fused-ring (bicyclic) bond motifs is 1. The molecule has 0 saturated heterocycles. The molecule has 1 aromatic heterocycles. The number of aromatic amines is 1. The van der Waals surface area contributed by atoms with Crippen LogP contribution in [-0.4, -0.2) is 11.5 Å². The summed E-state index contributed by atoms with van der Waals surface area (Å²) in [5.41, 5.74) is 5.77. The minimum Gasteiger partial charge on any atom is -0.359 e. The van der Waals surface area contributed by atoms with Gasteiger partial charge in [0.1, 0.15) is 5.82 Å². The van der Waals surface area contributed by atoms with E-state index in [4.69, 9.17) is 5.73 Å². The van der Waals surface area contributed by atoms with E-state index in [1.54, 1.807) is 12.3 Å². The molecule has 0 unspecified atom stereocenters. The summed E-state index contributed by atoms with van der Waals surface area (Å²) < 4.78 is 28.4. The Kier molecular flexibility index (Phi) is 2.23. The Hall–Kier alpha value is -1.42. The van der Waals surface area contributed by atoms with Crippen LogP contribution in [0.1, 0.15) is 24.8 Å². The van der Waals surface area contributed by atoms with Crippen molar-refractivity contribution in [2.75, 3.05) is 6.54 Å². The predicted molar refractivity (Wildman–Crippen MR) is 62.8 cm³/mol. The highest BCUT2D eigenvalue weighted by Crippen LogP contribution is 2.45. The van der Waals surface area contributed by atoms with E-state index in [0.29, 0.717) is 17.4 Å². The molecule has 0 aliphatic heterocycles. The number of nitrogens with two attached hydrogens (primary N) is 1. The molecular formula is C13H14F2N2. The Balaban J connectivity index is 2.28. The Morgan fingerprint density at radius 1 is 1.35 bits per heavy atom. The first-order valence-electron chi connectivity index (χ1n) is 5.83. The molecule has 0 amide bonds. The van der Waals surface area contributed by atoms with Crippen molar-refractivity contribution in [3.8, 4) is 0 Å². The zero-order valence-corrected chi connectivity index (χ0v) is 9.39. The van der Waals surface area contributed by atoms with Crippen LogP contribution in [-0.2, 0) is 5.41 Å². The highest BCUT2D eigenvalue weighted by Gasteiger charge is 2.42. The number of hydrogen-bond acceptors (Lipinski definition) is 1. The van der Waals surface area contributed by atoms with Crippen LogP contribution in [0, 0.1) is 11.6 Å². The molecule has 1 aromatic carbocycles. The maximum Gasteiger partial charge on any atom is 0.153 e. The lowest BCUT2D eigenvalue weighted by Gasteiger charge is -2.41. The number of H-pyrrole nitrogens is 1. The van der Waals surface area contributed by atoms with Gasteiger partial charge in [0.25, 0.3) is 0 Å². The van der Waals surface area contributed by atoms with Gasteiger partial charge in [-0.3, -0.25) is 0 Å². The summed E-state index contributed by atoms with van der Waals surface area (Å²) in [6, 6.07) is 3.06. The van der Waals surface area contributed by atoms with Gasteiger partial charge in [0.05, 0.1) is 5.52 Å². The fraction of sp³-hybridized carbons (Fsp3) is 0.385. The third-order valence-electron chi connectivity index (χ3n) is 3.97. The molecule has 1 saturated carbocycles. The average Bonchev–Trinajstić information content (AvgIpc) is 2.69. The van der Waals surface area contributed by atoms with Gasteiger partial charge in [-0.25, -0.2) is 8.78 Å². The first-order valence-corrected chi connectivity index (χ1v) is 5.83. The van der Waals surface area contributed by atoms with Gasteiger partial charge in [0.15, 0.2) is 5.82 Å². The van der Waals surface area contributed by atoms with Gasteiger partial charge in [-0.1, -0.05) is 6.42 Å². The molecule has 2 nitrogen and oxygen atoms in total. The number of rotatable bonds is 2. The fourth-order valence-electron chi connectivity index (χ4n) is 2.78. The summed E-state index contributed by atoms with van der Waals surface area (Å²) in [6.07, 6.45) is 4.14. The monoisotopic (exact) mass is 236 g/mol. The second-order valence-corrected chi connectivity index (χ2v) is 4.83. The molecule has 0 spiro atoms. The third-order valence-corrected chi connectivity index (χ3v) is 3.97. The molecule has 1 fully saturated rings. The molecule has 3 rings (SSSR count). The van der Waals surface area contributed by atoms with E-state index in [0.717, 1.165) is 19.3 Å². The molecule has 1 aliphatic carbocycles. The first-order chi connectivity index (χ1) is 8.18. The van der Waals surface area contributed by atoms with Crippen molar-refractivity contribution in [2.24, 2.45) is 5.73 Å². The minimum absolute atomic E-state index is 0.168. The molecule has 0 radical (unpaired) electrons. The van der Waals surface area contributed by atoms with Crippen molar-refractivity contribution in [2.45, 2.75) is 24.7 Å². The van der Waals surface area contributed by atoms with Gasteiger partial charge in [-0.05, 0) is 25.0 Å². The van der Waals surface area contributed by atoms with E-state index >= 15 is 0 Å². The standard InChI is InChI=1S/C13H14F2N2/c14-9-6-8-2-5-17-12(8)11(15)10(9)13(7-16)3-1-4-13/h2,5-6,17H,1,3-4,7,16H2. The van der Waals surface area contributed by atoms with Crippen LogP contribution in [0.4, 0.5) is 8.78 Å². The van der Waals surface area contributed by atoms with Crippen molar-refractivity contribution in [3.63, 3.8) is 0 Å². The van der Waals surface area contributed by atoms with Gasteiger partial charge in [-0.2, -0.15) is 0 Å². The number of halogens is 2. The van der Waals surface area contributed by atoms with Crippen molar-refractivity contribution >= 4 is 10.9 Å². The third kappa shape index (κ3) is 1.33. The van der Waals surface area contributed by atoms with Crippen molar-refractivity contribution in [1.82, 2.24) is 4.98 Å². The lowest BCUT2D eigenvalue weighted by Crippen LogP contribution is -2.43. The summed E-state index contributed by atoms with van der Waals surface area (Å²) in [6.45, 7) is 0.299. The van der Waals surface area contributed by atoms with Crippen LogP contribution in [0.15, 0.2) is 18.3 Å². The first kappa shape index (κ1) is 10.7. The van der Waals surface area contributed by atoms with E-state index < -0.39 is 17.0 Å². The maximum absolute atomic E-state index is 14.3. The number of benzene rings is 1. The van der Waals surface area contributed by atoms with Crippen LogP contribution in [0.2, 0.25) is 0 Å². The highest BCUT2D eigenvalue weighted by molar-refractivity contribution is 5.81. The number of nitrogens with one attached hydrogen (secondary N) is 1. The Bertz CT molecular complexity index is 565. The van der Waals surface area contributed by atoms with E-state index in [-0.39, 0.29) is 5.56 Å². The summed E-state index contributed by atoms with van der Waals surface area (Å²) in [5, 5.41) is 0.565. The highest BCUT2D eigenvalue weighted by atomic mass is 19.1. The molecule has 17 heavy (non-hydrogen) atoms. The SMILES string of the molecule is NCC1(c2c(F)cc3cc[nH]c3c2F)CCC1. The zero-order valence-electron chi connectivity index (χ0n) is 9.39. The molecule has 0 bridgehead atoms. The van der Waals surface area contributed by atoms with E-state index in [1.165, 1.54) is 6.07 Å². The summed E-state index contributed by atoms with van der Waals surface area (Å²) in [5.74, 6) is -0.949.